The van der Waals surface area contributed by atoms with Gasteiger partial charge in [0.1, 0.15) is 6.04 Å². The molecule has 5 rings (SSSR count). The van der Waals surface area contributed by atoms with Crippen LogP contribution in [0.25, 0.3) is 0 Å². The first-order valence-electron chi connectivity index (χ1n) is 15.9. The maximum Gasteiger partial charge on any atom is 0.245 e. The quantitative estimate of drug-likeness (QED) is 0.390. The smallest absolute Gasteiger partial charge is 0.245 e. The maximum atomic E-state index is 14.0. The van der Waals surface area contributed by atoms with Crippen molar-refractivity contribution in [3.05, 3.63) is 70.2 Å². The summed E-state index contributed by atoms with van der Waals surface area (Å²) >= 11 is 6.12. The Morgan fingerprint density at radius 2 is 1.68 bits per heavy atom. The van der Waals surface area contributed by atoms with E-state index in [1.165, 1.54) is 24.7 Å². The fraction of sp³-hybridized carbons (Fsp3) is 0.576. The van der Waals surface area contributed by atoms with Gasteiger partial charge < -0.3 is 15.5 Å². The number of nitrogens with zero attached hydrogens (tertiary/aromatic N) is 3. The SMILES string of the molecule is CCN(CC(C1CCCC1)N1CCN(C(=O)C(Cc2ccc(Cl)cc2)NC(=O)C2Cc3ccccc3CN2)CC1)S(C)(=O)=O. The van der Waals surface area contributed by atoms with E-state index in [2.05, 4.69) is 27.7 Å². The number of amides is 2. The first kappa shape index (κ1) is 32.9. The van der Waals surface area contributed by atoms with Crippen molar-refractivity contribution in [2.24, 2.45) is 5.92 Å². The second-order valence-electron chi connectivity index (χ2n) is 12.5. The third kappa shape index (κ3) is 8.20. The standard InChI is InChI=1S/C33H46ClN5O4S/c1-3-39(44(2,42)43)23-31(25-8-4-5-9-25)37-16-18-38(19-17-37)33(41)30(20-24-12-14-28(34)15-13-24)36-32(40)29-21-26-10-6-7-11-27(26)22-35-29/h6-7,10-15,25,29-31,35H,3-5,8-9,16-23H2,1-2H3,(H,36,40). The van der Waals surface area contributed by atoms with Crippen molar-refractivity contribution >= 4 is 33.4 Å². The van der Waals surface area contributed by atoms with Crippen LogP contribution in [0.1, 0.15) is 49.3 Å². The van der Waals surface area contributed by atoms with Gasteiger partial charge in [0.15, 0.2) is 0 Å². The Hall–Kier alpha value is -2.50. The molecule has 11 heteroatoms. The third-order valence-corrected chi connectivity index (χ3v) is 11.2. The van der Waals surface area contributed by atoms with Crippen molar-refractivity contribution in [1.29, 1.82) is 0 Å². The molecule has 2 aromatic carbocycles. The first-order chi connectivity index (χ1) is 21.1. The zero-order valence-electron chi connectivity index (χ0n) is 25.9. The van der Waals surface area contributed by atoms with E-state index < -0.39 is 22.1 Å². The monoisotopic (exact) mass is 643 g/mol. The zero-order chi connectivity index (χ0) is 31.3. The van der Waals surface area contributed by atoms with Crippen molar-refractivity contribution in [3.8, 4) is 0 Å². The van der Waals surface area contributed by atoms with Crippen molar-refractivity contribution in [3.63, 3.8) is 0 Å². The summed E-state index contributed by atoms with van der Waals surface area (Å²) in [4.78, 5) is 31.8. The highest BCUT2D eigenvalue weighted by Gasteiger charge is 2.37. The highest BCUT2D eigenvalue weighted by molar-refractivity contribution is 7.88. The fourth-order valence-electron chi connectivity index (χ4n) is 7.08. The van der Waals surface area contributed by atoms with Gasteiger partial charge in [-0.25, -0.2) is 12.7 Å². The molecule has 1 aliphatic carbocycles. The van der Waals surface area contributed by atoms with E-state index in [-0.39, 0.29) is 17.9 Å². The van der Waals surface area contributed by atoms with E-state index >= 15 is 0 Å². The van der Waals surface area contributed by atoms with Crippen LogP contribution in [0.2, 0.25) is 5.02 Å². The van der Waals surface area contributed by atoms with Crippen molar-refractivity contribution in [2.45, 2.75) is 70.1 Å². The van der Waals surface area contributed by atoms with Gasteiger partial charge in [-0.3, -0.25) is 14.5 Å². The third-order valence-electron chi connectivity index (χ3n) is 9.62. The summed E-state index contributed by atoms with van der Waals surface area (Å²) < 4.78 is 26.5. The van der Waals surface area contributed by atoms with Crippen LogP contribution in [0.3, 0.4) is 0 Å². The lowest BCUT2D eigenvalue weighted by molar-refractivity contribution is -0.138. The fourth-order valence-corrected chi connectivity index (χ4v) is 8.09. The zero-order valence-corrected chi connectivity index (χ0v) is 27.5. The average Bonchev–Trinajstić information content (AvgIpc) is 3.56. The van der Waals surface area contributed by atoms with E-state index in [1.54, 1.807) is 16.4 Å². The van der Waals surface area contributed by atoms with Gasteiger partial charge in [0.05, 0.1) is 12.3 Å². The number of benzene rings is 2. The number of likely N-dealkylation sites (N-methyl/N-ethyl adjacent to an activating group) is 1. The summed E-state index contributed by atoms with van der Waals surface area (Å²) in [6, 6.07) is 14.5. The van der Waals surface area contributed by atoms with Crippen molar-refractivity contribution < 1.29 is 18.0 Å². The lowest BCUT2D eigenvalue weighted by Gasteiger charge is -2.43. The minimum Gasteiger partial charge on any atom is -0.343 e. The molecular formula is C33H46ClN5O4S. The van der Waals surface area contributed by atoms with Crippen LogP contribution >= 0.6 is 11.6 Å². The van der Waals surface area contributed by atoms with Gasteiger partial charge in [-0.15, -0.1) is 0 Å². The van der Waals surface area contributed by atoms with Crippen LogP contribution in [0, 0.1) is 5.92 Å². The molecule has 0 aromatic heterocycles. The first-order valence-corrected chi connectivity index (χ1v) is 18.2. The molecule has 1 saturated carbocycles. The van der Waals surface area contributed by atoms with E-state index in [1.807, 2.05) is 36.1 Å². The van der Waals surface area contributed by atoms with Crippen LogP contribution < -0.4 is 10.6 Å². The Labute approximate surface area is 267 Å². The molecule has 3 aliphatic rings. The number of halogens is 1. The average molecular weight is 644 g/mol. The molecule has 2 heterocycles. The predicted molar refractivity (Wildman–Crippen MR) is 174 cm³/mol. The summed E-state index contributed by atoms with van der Waals surface area (Å²) in [5, 5.41) is 7.05. The molecular weight excluding hydrogens is 598 g/mol. The van der Waals surface area contributed by atoms with Gasteiger partial charge in [0.25, 0.3) is 0 Å². The summed E-state index contributed by atoms with van der Waals surface area (Å²) in [7, 11) is -3.30. The summed E-state index contributed by atoms with van der Waals surface area (Å²) in [6.07, 6.45) is 6.81. The molecule has 44 heavy (non-hydrogen) atoms. The van der Waals surface area contributed by atoms with E-state index in [4.69, 9.17) is 11.6 Å². The number of carbonyl (C=O) groups is 2. The molecule has 3 atom stereocenters. The van der Waals surface area contributed by atoms with Crippen LogP contribution in [0.4, 0.5) is 0 Å². The molecule has 2 N–H and O–H groups in total. The molecule has 0 radical (unpaired) electrons. The van der Waals surface area contributed by atoms with Gasteiger partial charge in [-0.1, -0.05) is 67.8 Å². The lowest BCUT2D eigenvalue weighted by atomic mass is 9.95. The maximum absolute atomic E-state index is 14.0. The normalized spacial score (nSPS) is 21.2. The van der Waals surface area contributed by atoms with Crippen LogP contribution in [-0.4, -0.2) is 98.0 Å². The van der Waals surface area contributed by atoms with Crippen LogP contribution in [-0.2, 0) is 39.0 Å². The Morgan fingerprint density at radius 3 is 2.32 bits per heavy atom. The minimum absolute atomic E-state index is 0.0899. The van der Waals surface area contributed by atoms with E-state index in [0.29, 0.717) is 69.6 Å². The number of carbonyl (C=O) groups excluding carboxylic acids is 2. The molecule has 0 bridgehead atoms. The number of rotatable bonds is 11. The number of nitrogens with one attached hydrogen (secondary N) is 2. The molecule has 1 saturated heterocycles. The number of hydrogen-bond donors (Lipinski definition) is 2. The second-order valence-corrected chi connectivity index (χ2v) is 14.9. The molecule has 9 nitrogen and oxygen atoms in total. The number of piperazine rings is 1. The van der Waals surface area contributed by atoms with Crippen LogP contribution in [0.5, 0.6) is 0 Å². The molecule has 2 aromatic rings. The Bertz CT molecular complexity index is 1390. The molecule has 2 fully saturated rings. The van der Waals surface area contributed by atoms with E-state index in [0.717, 1.165) is 24.0 Å². The highest BCUT2D eigenvalue weighted by Crippen LogP contribution is 2.32. The summed E-state index contributed by atoms with van der Waals surface area (Å²) in [5.74, 6) is 0.193. The lowest BCUT2D eigenvalue weighted by Crippen LogP contribution is -2.60. The van der Waals surface area contributed by atoms with Gasteiger partial charge in [-0.2, -0.15) is 0 Å². The predicted octanol–water partition coefficient (Wildman–Crippen LogP) is 3.07. The van der Waals surface area contributed by atoms with Crippen LogP contribution in [0.15, 0.2) is 48.5 Å². The van der Waals surface area contributed by atoms with Gasteiger partial charge >= 0.3 is 0 Å². The number of fused-ring (bicyclic) bond motifs is 1. The van der Waals surface area contributed by atoms with Crippen molar-refractivity contribution in [1.82, 2.24) is 24.7 Å². The molecule has 3 unspecified atom stereocenters. The largest absolute Gasteiger partial charge is 0.343 e. The van der Waals surface area contributed by atoms with Gasteiger partial charge in [0.2, 0.25) is 21.8 Å². The van der Waals surface area contributed by atoms with Gasteiger partial charge in [-0.05, 0) is 54.0 Å². The summed E-state index contributed by atoms with van der Waals surface area (Å²) in [6.45, 7) is 5.87. The van der Waals surface area contributed by atoms with E-state index in [9.17, 15) is 18.0 Å². The highest BCUT2D eigenvalue weighted by atomic mass is 35.5. The number of sulfonamides is 1. The van der Waals surface area contributed by atoms with Gasteiger partial charge in [0, 0.05) is 63.3 Å². The van der Waals surface area contributed by atoms with Crippen molar-refractivity contribution in [2.75, 3.05) is 45.5 Å². The molecule has 2 amide bonds. The molecule has 0 spiro atoms. The second kappa shape index (κ2) is 14.7. The molecule has 240 valence electrons. The summed E-state index contributed by atoms with van der Waals surface area (Å²) in [5.41, 5.74) is 3.27. The Kier molecular flexibility index (Phi) is 11.0. The minimum atomic E-state index is -3.30. The molecule has 2 aliphatic heterocycles. The Morgan fingerprint density at radius 1 is 1.02 bits per heavy atom. The topological polar surface area (TPSA) is 102 Å². The Balaban J connectivity index is 1.27. The number of hydrogen-bond acceptors (Lipinski definition) is 6.